The van der Waals surface area contributed by atoms with Crippen molar-refractivity contribution < 1.29 is 9.59 Å². The third kappa shape index (κ3) is 6.69. The molecule has 0 bridgehead atoms. The van der Waals surface area contributed by atoms with Gasteiger partial charge in [0.15, 0.2) is 0 Å². The molecule has 4 heterocycles. The first kappa shape index (κ1) is 28.0. The van der Waals surface area contributed by atoms with Crippen LogP contribution in [0.2, 0.25) is 0 Å². The van der Waals surface area contributed by atoms with E-state index in [1.807, 2.05) is 54.6 Å². The minimum absolute atomic E-state index is 0.144. The minimum atomic E-state index is -0.743. The van der Waals surface area contributed by atoms with Gasteiger partial charge in [0.1, 0.15) is 29.1 Å². The second-order valence-corrected chi connectivity index (χ2v) is 10.8. The Bertz CT molecular complexity index is 1710. The molecule has 0 aliphatic carbocycles. The zero-order chi connectivity index (χ0) is 29.6. The van der Waals surface area contributed by atoms with Gasteiger partial charge in [-0.3, -0.25) is 9.59 Å². The zero-order valence-electron chi connectivity index (χ0n) is 24.0. The van der Waals surface area contributed by atoms with Crippen molar-refractivity contribution >= 4 is 11.8 Å². The molecule has 2 aliphatic rings. The Labute approximate surface area is 250 Å². The van der Waals surface area contributed by atoms with E-state index in [2.05, 4.69) is 54.3 Å². The minimum Gasteiger partial charge on any atom is -0.341 e. The first-order valence-electron chi connectivity index (χ1n) is 14.6. The lowest BCUT2D eigenvalue weighted by molar-refractivity contribution is -0.137. The van der Waals surface area contributed by atoms with Gasteiger partial charge < -0.3 is 25.5 Å². The highest BCUT2D eigenvalue weighted by Gasteiger charge is 2.36. The Morgan fingerprint density at radius 3 is 2.14 bits per heavy atom. The van der Waals surface area contributed by atoms with Crippen LogP contribution in [0.1, 0.15) is 90.5 Å². The smallest absolute Gasteiger partial charge is 0.250 e. The molecule has 6 rings (SSSR count). The maximum atomic E-state index is 13.6. The van der Waals surface area contributed by atoms with Crippen LogP contribution in [-0.4, -0.2) is 49.7 Å². The van der Waals surface area contributed by atoms with Crippen LogP contribution < -0.4 is 10.6 Å². The monoisotopic (exact) mass is 571 g/mol. The van der Waals surface area contributed by atoms with Crippen molar-refractivity contribution in [1.29, 1.82) is 0 Å². The van der Waals surface area contributed by atoms with Crippen molar-refractivity contribution in [3.8, 4) is 23.7 Å². The van der Waals surface area contributed by atoms with Gasteiger partial charge in [0.2, 0.25) is 11.8 Å². The number of aromatic amines is 2. The number of rotatable bonds is 5. The molecule has 0 saturated carbocycles. The van der Waals surface area contributed by atoms with E-state index in [-0.39, 0.29) is 17.9 Å². The molecule has 0 radical (unpaired) electrons. The van der Waals surface area contributed by atoms with E-state index in [1.54, 1.807) is 17.3 Å². The van der Waals surface area contributed by atoms with Gasteiger partial charge in [-0.25, -0.2) is 9.97 Å². The van der Waals surface area contributed by atoms with E-state index in [0.29, 0.717) is 24.1 Å². The molecule has 2 amide bonds. The maximum Gasteiger partial charge on any atom is 0.250 e. The number of amides is 2. The van der Waals surface area contributed by atoms with E-state index in [0.717, 1.165) is 54.0 Å². The molecule has 2 fully saturated rings. The number of carbonyl (C=O) groups is 2. The lowest BCUT2D eigenvalue weighted by atomic mass is 10.0. The molecule has 2 aromatic carbocycles. The van der Waals surface area contributed by atoms with E-state index >= 15 is 0 Å². The summed E-state index contributed by atoms with van der Waals surface area (Å²) < 4.78 is 0. The predicted octanol–water partition coefficient (Wildman–Crippen LogP) is 3.90. The number of hydrogen-bond donors (Lipinski definition) is 4. The SMILES string of the molecule is CC(=O)N[C@@H](C(=O)N1CCC[C@H]1c1ncc(C#Cc2ccc(C#Cc3cnc([C@@H]4CCCN4)[nH]3)cc2)[nH]1)c1ccccc1. The maximum absolute atomic E-state index is 13.6. The van der Waals surface area contributed by atoms with Crippen LogP contribution in [0.15, 0.2) is 67.0 Å². The van der Waals surface area contributed by atoms with Gasteiger partial charge in [0, 0.05) is 24.6 Å². The average molecular weight is 572 g/mol. The fraction of sp³-hybridized carbons (Fsp3) is 0.294. The standard InChI is InChI=1S/C34H33N7O2/c1-23(42)38-31(26-7-3-2-4-8-26)34(43)41-20-6-10-30(41)33-37-22-28(40-33)18-16-25-13-11-24(12-14-25)15-17-27-21-36-32(39-27)29-9-5-19-35-29/h2-4,7-8,11-14,21-22,29-31,35H,5-6,9-10,19-20H2,1H3,(H,36,39)(H,37,40)(H,38,42)/t29-,30-,31+/m0/s1. The molecule has 2 aliphatic heterocycles. The number of benzene rings is 2. The summed E-state index contributed by atoms with van der Waals surface area (Å²) in [6, 6.07) is 16.4. The molecule has 0 unspecified atom stereocenters. The summed E-state index contributed by atoms with van der Waals surface area (Å²) in [7, 11) is 0. The van der Waals surface area contributed by atoms with Crippen LogP contribution >= 0.6 is 0 Å². The van der Waals surface area contributed by atoms with Crippen molar-refractivity contribution in [2.75, 3.05) is 13.1 Å². The third-order valence-corrected chi connectivity index (χ3v) is 7.73. The molecule has 4 N–H and O–H groups in total. The van der Waals surface area contributed by atoms with Gasteiger partial charge in [0.05, 0.1) is 24.5 Å². The highest BCUT2D eigenvalue weighted by atomic mass is 16.2. The Hall–Kier alpha value is -5.12. The lowest BCUT2D eigenvalue weighted by Crippen LogP contribution is -2.42. The van der Waals surface area contributed by atoms with Crippen LogP contribution in [-0.2, 0) is 9.59 Å². The van der Waals surface area contributed by atoms with Crippen molar-refractivity contribution in [2.24, 2.45) is 0 Å². The van der Waals surface area contributed by atoms with Crippen molar-refractivity contribution in [3.63, 3.8) is 0 Å². The molecule has 2 saturated heterocycles. The molecule has 43 heavy (non-hydrogen) atoms. The topological polar surface area (TPSA) is 119 Å². The summed E-state index contributed by atoms with van der Waals surface area (Å²) in [4.78, 5) is 43.0. The fourth-order valence-electron chi connectivity index (χ4n) is 5.60. The number of likely N-dealkylation sites (tertiary alicyclic amines) is 1. The van der Waals surface area contributed by atoms with Gasteiger partial charge in [-0.15, -0.1) is 0 Å². The molecule has 4 aromatic rings. The molecule has 9 nitrogen and oxygen atoms in total. The summed E-state index contributed by atoms with van der Waals surface area (Å²) in [6.07, 6.45) is 7.38. The normalized spacial score (nSPS) is 18.3. The van der Waals surface area contributed by atoms with Crippen LogP contribution in [0.5, 0.6) is 0 Å². The van der Waals surface area contributed by atoms with E-state index < -0.39 is 6.04 Å². The highest BCUT2D eigenvalue weighted by Crippen LogP contribution is 2.33. The van der Waals surface area contributed by atoms with Crippen molar-refractivity contribution in [1.82, 2.24) is 35.5 Å². The number of aromatic nitrogens is 4. The van der Waals surface area contributed by atoms with Crippen LogP contribution in [0.25, 0.3) is 0 Å². The summed E-state index contributed by atoms with van der Waals surface area (Å²) in [5.41, 5.74) is 3.98. The number of carbonyl (C=O) groups excluding carboxylic acids is 2. The molecule has 9 heteroatoms. The zero-order valence-corrected chi connectivity index (χ0v) is 24.0. The molecular formula is C34H33N7O2. The lowest BCUT2D eigenvalue weighted by Gasteiger charge is -2.28. The molecular weight excluding hydrogens is 538 g/mol. The summed E-state index contributed by atoms with van der Waals surface area (Å²) in [6.45, 7) is 3.05. The molecule has 0 spiro atoms. The largest absolute Gasteiger partial charge is 0.341 e. The summed E-state index contributed by atoms with van der Waals surface area (Å²) >= 11 is 0. The number of hydrogen-bond acceptors (Lipinski definition) is 5. The van der Waals surface area contributed by atoms with Gasteiger partial charge in [0.25, 0.3) is 0 Å². The fourth-order valence-corrected chi connectivity index (χ4v) is 5.60. The molecule has 2 aromatic heterocycles. The molecule has 216 valence electrons. The second-order valence-electron chi connectivity index (χ2n) is 10.8. The number of H-pyrrole nitrogens is 2. The van der Waals surface area contributed by atoms with E-state index in [9.17, 15) is 9.59 Å². The highest BCUT2D eigenvalue weighted by molar-refractivity contribution is 5.88. The number of imidazole rings is 2. The van der Waals surface area contributed by atoms with Gasteiger partial charge >= 0.3 is 0 Å². The van der Waals surface area contributed by atoms with E-state index in [1.165, 1.54) is 13.3 Å². The Morgan fingerprint density at radius 1 is 0.860 bits per heavy atom. The van der Waals surface area contributed by atoms with Crippen molar-refractivity contribution in [2.45, 2.75) is 50.7 Å². The van der Waals surface area contributed by atoms with E-state index in [4.69, 9.17) is 0 Å². The van der Waals surface area contributed by atoms with Crippen LogP contribution in [0.4, 0.5) is 0 Å². The van der Waals surface area contributed by atoms with Crippen LogP contribution in [0, 0.1) is 23.7 Å². The Kier molecular flexibility index (Phi) is 8.35. The summed E-state index contributed by atoms with van der Waals surface area (Å²) in [5.74, 6) is 13.9. The van der Waals surface area contributed by atoms with Crippen molar-refractivity contribution in [3.05, 3.63) is 107 Å². The average Bonchev–Trinajstić information content (AvgIpc) is 3.85. The first-order chi connectivity index (χ1) is 21.0. The first-order valence-corrected chi connectivity index (χ1v) is 14.6. The van der Waals surface area contributed by atoms with Gasteiger partial charge in [-0.1, -0.05) is 42.2 Å². The van der Waals surface area contributed by atoms with Crippen LogP contribution in [0.3, 0.4) is 0 Å². The summed E-state index contributed by atoms with van der Waals surface area (Å²) in [5, 5.41) is 6.26. The third-order valence-electron chi connectivity index (χ3n) is 7.73. The number of nitrogens with one attached hydrogen (secondary N) is 4. The Morgan fingerprint density at radius 2 is 1.51 bits per heavy atom. The predicted molar refractivity (Wildman–Crippen MR) is 162 cm³/mol. The quantitative estimate of drug-likeness (QED) is 0.271. The second kappa shape index (κ2) is 12.8. The Balaban J connectivity index is 1.11. The van der Waals surface area contributed by atoms with Gasteiger partial charge in [-0.2, -0.15) is 0 Å². The number of nitrogens with zero attached hydrogens (tertiary/aromatic N) is 3. The van der Waals surface area contributed by atoms with Gasteiger partial charge in [-0.05, 0) is 73.9 Å². The molecule has 3 atom stereocenters.